The SMILES string of the molecule is CCOC(=O)CCc1ccc(Oc2ccc(/C=C/c3ccc(C(F)(F)F)cc3)cn2)c(OC)c1. The summed E-state index contributed by atoms with van der Waals surface area (Å²) in [4.78, 5) is 15.8. The molecule has 0 N–H and O–H groups in total. The smallest absolute Gasteiger partial charge is 0.416 e. The van der Waals surface area contributed by atoms with E-state index in [1.54, 1.807) is 49.5 Å². The summed E-state index contributed by atoms with van der Waals surface area (Å²) in [7, 11) is 1.53. The van der Waals surface area contributed by atoms with E-state index in [0.717, 1.165) is 23.3 Å². The molecular formula is C26H24F3NO4. The first-order valence-corrected chi connectivity index (χ1v) is 10.6. The van der Waals surface area contributed by atoms with Crippen LogP contribution in [0.25, 0.3) is 12.2 Å². The monoisotopic (exact) mass is 471 g/mol. The van der Waals surface area contributed by atoms with E-state index in [9.17, 15) is 18.0 Å². The highest BCUT2D eigenvalue weighted by molar-refractivity contribution is 5.70. The van der Waals surface area contributed by atoms with Gasteiger partial charge in [0.2, 0.25) is 5.88 Å². The first-order valence-electron chi connectivity index (χ1n) is 10.6. The Hall–Kier alpha value is -3.81. The van der Waals surface area contributed by atoms with E-state index in [1.807, 2.05) is 6.07 Å². The Bertz CT molecular complexity index is 1120. The molecule has 3 rings (SSSR count). The summed E-state index contributed by atoms with van der Waals surface area (Å²) in [5.74, 6) is 1.08. The predicted octanol–water partition coefficient (Wildman–Crippen LogP) is 6.57. The number of rotatable bonds is 9. The molecule has 0 fully saturated rings. The average molecular weight is 471 g/mol. The molecule has 178 valence electrons. The van der Waals surface area contributed by atoms with E-state index in [2.05, 4.69) is 4.98 Å². The molecule has 34 heavy (non-hydrogen) atoms. The maximum Gasteiger partial charge on any atom is 0.416 e. The van der Waals surface area contributed by atoms with Gasteiger partial charge >= 0.3 is 12.1 Å². The molecule has 0 bridgehead atoms. The lowest BCUT2D eigenvalue weighted by molar-refractivity contribution is -0.143. The minimum Gasteiger partial charge on any atom is -0.493 e. The highest BCUT2D eigenvalue weighted by atomic mass is 19.4. The van der Waals surface area contributed by atoms with Gasteiger partial charge < -0.3 is 14.2 Å². The van der Waals surface area contributed by atoms with Gasteiger partial charge in [-0.2, -0.15) is 13.2 Å². The van der Waals surface area contributed by atoms with Crippen LogP contribution in [0, 0.1) is 0 Å². The van der Waals surface area contributed by atoms with Gasteiger partial charge in [-0.3, -0.25) is 4.79 Å². The van der Waals surface area contributed by atoms with Gasteiger partial charge in [-0.25, -0.2) is 4.98 Å². The normalized spacial score (nSPS) is 11.4. The van der Waals surface area contributed by atoms with Crippen LogP contribution >= 0.6 is 0 Å². The summed E-state index contributed by atoms with van der Waals surface area (Å²) >= 11 is 0. The largest absolute Gasteiger partial charge is 0.493 e. The maximum atomic E-state index is 12.7. The van der Waals surface area contributed by atoms with Gasteiger partial charge in [0.25, 0.3) is 0 Å². The van der Waals surface area contributed by atoms with Crippen LogP contribution < -0.4 is 9.47 Å². The first kappa shape index (κ1) is 24.8. The lowest BCUT2D eigenvalue weighted by atomic mass is 10.1. The Morgan fingerprint density at radius 3 is 2.29 bits per heavy atom. The standard InChI is InChI=1S/C26H24F3NO4/c1-3-33-25(31)15-10-19-8-13-22(23(16-19)32-2)34-24-14-9-20(17-30-24)5-4-18-6-11-21(12-7-18)26(27,28)29/h4-9,11-14,16-17H,3,10,15H2,1-2H3/b5-4+. The molecule has 5 nitrogen and oxygen atoms in total. The molecule has 0 aliphatic rings. The number of halogens is 3. The number of esters is 1. The van der Waals surface area contributed by atoms with Gasteiger partial charge in [0, 0.05) is 18.7 Å². The predicted molar refractivity (Wildman–Crippen MR) is 123 cm³/mol. The van der Waals surface area contributed by atoms with Crippen LogP contribution in [-0.2, 0) is 22.1 Å². The molecule has 0 unspecified atom stereocenters. The molecule has 0 atom stereocenters. The van der Waals surface area contributed by atoms with Crippen molar-refractivity contribution >= 4 is 18.1 Å². The quantitative estimate of drug-likeness (QED) is 0.331. The summed E-state index contributed by atoms with van der Waals surface area (Å²) in [5, 5.41) is 0. The Labute approximate surface area is 195 Å². The number of carbonyl (C=O) groups is 1. The third kappa shape index (κ3) is 7.10. The van der Waals surface area contributed by atoms with Gasteiger partial charge in [-0.05, 0) is 60.4 Å². The van der Waals surface area contributed by atoms with Gasteiger partial charge in [0.05, 0.1) is 19.3 Å². The van der Waals surface area contributed by atoms with Crippen molar-refractivity contribution in [2.75, 3.05) is 13.7 Å². The molecule has 0 aliphatic heterocycles. The molecule has 2 aromatic carbocycles. The van der Waals surface area contributed by atoms with Crippen molar-refractivity contribution < 1.29 is 32.2 Å². The minimum atomic E-state index is -4.35. The lowest BCUT2D eigenvalue weighted by Gasteiger charge is -2.11. The van der Waals surface area contributed by atoms with Crippen LogP contribution in [-0.4, -0.2) is 24.7 Å². The zero-order chi connectivity index (χ0) is 24.6. The van der Waals surface area contributed by atoms with E-state index in [1.165, 1.54) is 19.2 Å². The Morgan fingerprint density at radius 2 is 1.68 bits per heavy atom. The van der Waals surface area contributed by atoms with Gasteiger partial charge in [0.1, 0.15) is 0 Å². The van der Waals surface area contributed by atoms with Crippen molar-refractivity contribution in [2.45, 2.75) is 25.9 Å². The number of hydrogen-bond donors (Lipinski definition) is 0. The summed E-state index contributed by atoms with van der Waals surface area (Å²) in [6.07, 6.45) is 1.49. The second-order valence-corrected chi connectivity index (χ2v) is 7.28. The maximum absolute atomic E-state index is 12.7. The van der Waals surface area contributed by atoms with Crippen molar-refractivity contribution in [3.05, 3.63) is 83.0 Å². The van der Waals surface area contributed by atoms with Crippen molar-refractivity contribution in [2.24, 2.45) is 0 Å². The third-order valence-electron chi connectivity index (χ3n) is 4.83. The number of aryl methyl sites for hydroxylation is 1. The number of aromatic nitrogens is 1. The molecule has 0 amide bonds. The highest BCUT2D eigenvalue weighted by Gasteiger charge is 2.29. The number of pyridine rings is 1. The molecule has 0 spiro atoms. The van der Waals surface area contributed by atoms with E-state index < -0.39 is 11.7 Å². The van der Waals surface area contributed by atoms with Crippen LogP contribution in [0.5, 0.6) is 17.4 Å². The zero-order valence-corrected chi connectivity index (χ0v) is 18.8. The van der Waals surface area contributed by atoms with Gasteiger partial charge in [-0.15, -0.1) is 0 Å². The van der Waals surface area contributed by atoms with Crippen LogP contribution in [0.4, 0.5) is 13.2 Å². The van der Waals surface area contributed by atoms with Crippen LogP contribution in [0.1, 0.15) is 35.6 Å². The van der Waals surface area contributed by atoms with Crippen molar-refractivity contribution in [3.8, 4) is 17.4 Å². The first-order chi connectivity index (χ1) is 16.3. The fraction of sp³-hybridized carbons (Fsp3) is 0.231. The topological polar surface area (TPSA) is 57.7 Å². The summed E-state index contributed by atoms with van der Waals surface area (Å²) in [5.41, 5.74) is 1.62. The second-order valence-electron chi connectivity index (χ2n) is 7.28. The van der Waals surface area contributed by atoms with Crippen LogP contribution in [0.3, 0.4) is 0 Å². The number of ether oxygens (including phenoxy) is 3. The van der Waals surface area contributed by atoms with Crippen molar-refractivity contribution in [1.29, 1.82) is 0 Å². The lowest BCUT2D eigenvalue weighted by Crippen LogP contribution is -2.05. The molecule has 0 aliphatic carbocycles. The second kappa shape index (κ2) is 11.4. The number of benzene rings is 2. The van der Waals surface area contributed by atoms with Gasteiger partial charge in [-0.1, -0.05) is 30.4 Å². The molecule has 0 radical (unpaired) electrons. The number of alkyl halides is 3. The number of hydrogen-bond acceptors (Lipinski definition) is 5. The highest BCUT2D eigenvalue weighted by Crippen LogP contribution is 2.32. The van der Waals surface area contributed by atoms with E-state index >= 15 is 0 Å². The Morgan fingerprint density at radius 1 is 0.971 bits per heavy atom. The van der Waals surface area contributed by atoms with E-state index in [-0.39, 0.29) is 12.4 Å². The van der Waals surface area contributed by atoms with Gasteiger partial charge in [0.15, 0.2) is 11.5 Å². The molecule has 3 aromatic rings. The van der Waals surface area contributed by atoms with Crippen LogP contribution in [0.2, 0.25) is 0 Å². The molecule has 8 heteroatoms. The summed E-state index contributed by atoms with van der Waals surface area (Å²) < 4.78 is 54.1. The Balaban J connectivity index is 1.62. The summed E-state index contributed by atoms with van der Waals surface area (Å²) in [6, 6.07) is 13.8. The average Bonchev–Trinajstić information content (AvgIpc) is 2.83. The molecule has 1 heterocycles. The molecule has 0 saturated heterocycles. The number of nitrogens with zero attached hydrogens (tertiary/aromatic N) is 1. The van der Waals surface area contributed by atoms with E-state index in [0.29, 0.717) is 36.0 Å². The van der Waals surface area contributed by atoms with E-state index in [4.69, 9.17) is 14.2 Å². The fourth-order valence-corrected chi connectivity index (χ4v) is 3.07. The third-order valence-corrected chi connectivity index (χ3v) is 4.83. The fourth-order valence-electron chi connectivity index (χ4n) is 3.07. The molecule has 0 saturated carbocycles. The van der Waals surface area contributed by atoms with Crippen molar-refractivity contribution in [1.82, 2.24) is 4.98 Å². The molecule has 1 aromatic heterocycles. The minimum absolute atomic E-state index is 0.251. The summed E-state index contributed by atoms with van der Waals surface area (Å²) in [6.45, 7) is 2.12. The Kier molecular flexibility index (Phi) is 8.29. The van der Waals surface area contributed by atoms with Crippen LogP contribution in [0.15, 0.2) is 60.8 Å². The number of carbonyl (C=O) groups excluding carboxylic acids is 1. The molecular weight excluding hydrogens is 447 g/mol. The van der Waals surface area contributed by atoms with Crippen molar-refractivity contribution in [3.63, 3.8) is 0 Å². The zero-order valence-electron chi connectivity index (χ0n) is 18.8. The number of methoxy groups -OCH3 is 1.